The molecule has 3 heteroatoms. The summed E-state index contributed by atoms with van der Waals surface area (Å²) in [7, 11) is 0. The van der Waals surface area contributed by atoms with Crippen LogP contribution in [0.15, 0.2) is 11.4 Å². The van der Waals surface area contributed by atoms with Crippen LogP contribution in [0, 0.1) is 6.92 Å². The Morgan fingerprint density at radius 1 is 1.27 bits per heavy atom. The zero-order chi connectivity index (χ0) is 11.3. The molecule has 1 aromatic heterocycles. The first-order valence-electron chi connectivity index (χ1n) is 5.59. The van der Waals surface area contributed by atoms with E-state index in [-0.39, 0.29) is 0 Å². The first-order chi connectivity index (χ1) is 7.09. The molecular formula is C12H22N2S. The van der Waals surface area contributed by atoms with Gasteiger partial charge in [0.05, 0.1) is 0 Å². The maximum Gasteiger partial charge on any atom is 0.0305 e. The highest BCUT2D eigenvalue weighted by Crippen LogP contribution is 2.14. The second-order valence-corrected chi connectivity index (χ2v) is 5.37. The molecule has 0 bridgehead atoms. The van der Waals surface area contributed by atoms with Crippen molar-refractivity contribution in [2.24, 2.45) is 0 Å². The first-order valence-corrected chi connectivity index (χ1v) is 6.47. The number of thiophene rings is 1. The van der Waals surface area contributed by atoms with E-state index in [1.54, 1.807) is 0 Å². The average molecular weight is 226 g/mol. The molecule has 0 saturated heterocycles. The van der Waals surface area contributed by atoms with Gasteiger partial charge in [-0.25, -0.2) is 0 Å². The van der Waals surface area contributed by atoms with Crippen LogP contribution in [-0.2, 0) is 6.54 Å². The van der Waals surface area contributed by atoms with Crippen molar-refractivity contribution in [3.05, 3.63) is 21.9 Å². The van der Waals surface area contributed by atoms with Crippen molar-refractivity contribution in [3.8, 4) is 0 Å². The number of nitrogens with one attached hydrogen (secondary N) is 2. The molecule has 0 aliphatic heterocycles. The number of hydrogen-bond acceptors (Lipinski definition) is 3. The molecule has 1 rings (SSSR count). The molecule has 0 radical (unpaired) electrons. The topological polar surface area (TPSA) is 24.1 Å². The van der Waals surface area contributed by atoms with E-state index in [0.29, 0.717) is 12.1 Å². The molecule has 2 N–H and O–H groups in total. The smallest absolute Gasteiger partial charge is 0.0305 e. The largest absolute Gasteiger partial charge is 0.313 e. The molecule has 1 aromatic rings. The van der Waals surface area contributed by atoms with Gasteiger partial charge in [0.2, 0.25) is 0 Å². The lowest BCUT2D eigenvalue weighted by Crippen LogP contribution is -2.38. The summed E-state index contributed by atoms with van der Waals surface area (Å²) < 4.78 is 0. The minimum absolute atomic E-state index is 0.522. The van der Waals surface area contributed by atoms with Crippen LogP contribution in [0.5, 0.6) is 0 Å². The van der Waals surface area contributed by atoms with Crippen molar-refractivity contribution in [1.82, 2.24) is 10.6 Å². The minimum atomic E-state index is 0.522. The monoisotopic (exact) mass is 226 g/mol. The van der Waals surface area contributed by atoms with Crippen molar-refractivity contribution in [2.45, 2.75) is 46.3 Å². The van der Waals surface area contributed by atoms with Gasteiger partial charge in [-0.3, -0.25) is 0 Å². The predicted molar refractivity (Wildman–Crippen MR) is 68.5 cm³/mol. The summed E-state index contributed by atoms with van der Waals surface area (Å²) in [4.78, 5) is 1.45. The lowest BCUT2D eigenvalue weighted by molar-refractivity contribution is 0.475. The molecule has 0 aliphatic carbocycles. The van der Waals surface area contributed by atoms with E-state index in [2.05, 4.69) is 49.8 Å². The summed E-state index contributed by atoms with van der Waals surface area (Å²) in [5.41, 5.74) is 1.40. The second kappa shape index (κ2) is 6.26. The van der Waals surface area contributed by atoms with Crippen molar-refractivity contribution >= 4 is 11.3 Å². The molecule has 2 nitrogen and oxygen atoms in total. The third kappa shape index (κ3) is 4.78. The Labute approximate surface area is 97.1 Å². The normalized spacial score (nSPS) is 13.4. The van der Waals surface area contributed by atoms with Gasteiger partial charge in [-0.05, 0) is 30.9 Å². The Morgan fingerprint density at radius 2 is 2.00 bits per heavy atom. The van der Waals surface area contributed by atoms with Gasteiger partial charge in [0.25, 0.3) is 0 Å². The van der Waals surface area contributed by atoms with Gasteiger partial charge < -0.3 is 10.6 Å². The molecule has 86 valence electrons. The highest BCUT2D eigenvalue weighted by atomic mass is 32.1. The molecule has 1 heterocycles. The highest BCUT2D eigenvalue weighted by Gasteiger charge is 2.04. The second-order valence-electron chi connectivity index (χ2n) is 4.37. The fourth-order valence-electron chi connectivity index (χ4n) is 1.34. The molecule has 0 spiro atoms. The van der Waals surface area contributed by atoms with Crippen molar-refractivity contribution in [2.75, 3.05) is 6.54 Å². The summed E-state index contributed by atoms with van der Waals surface area (Å²) in [6, 6.07) is 3.27. The summed E-state index contributed by atoms with van der Waals surface area (Å²) in [6.45, 7) is 10.8. The maximum atomic E-state index is 3.53. The molecule has 0 amide bonds. The quantitative estimate of drug-likeness (QED) is 0.779. The highest BCUT2D eigenvalue weighted by molar-refractivity contribution is 7.10. The van der Waals surface area contributed by atoms with Gasteiger partial charge in [0.1, 0.15) is 0 Å². The van der Waals surface area contributed by atoms with E-state index in [1.807, 2.05) is 11.3 Å². The zero-order valence-electron chi connectivity index (χ0n) is 10.1. The average Bonchev–Trinajstić information content (AvgIpc) is 2.58. The lowest BCUT2D eigenvalue weighted by Gasteiger charge is -2.16. The first kappa shape index (κ1) is 12.7. The van der Waals surface area contributed by atoms with E-state index < -0.39 is 0 Å². The Hall–Kier alpha value is -0.380. The fourth-order valence-corrected chi connectivity index (χ4v) is 2.19. The van der Waals surface area contributed by atoms with Gasteiger partial charge in [0, 0.05) is 30.1 Å². The Bertz CT molecular complexity index is 281. The molecule has 0 aliphatic rings. The predicted octanol–water partition coefficient (Wildman–Crippen LogP) is 2.53. The third-order valence-corrected chi connectivity index (χ3v) is 3.43. The molecule has 1 unspecified atom stereocenters. The van der Waals surface area contributed by atoms with Crippen LogP contribution in [-0.4, -0.2) is 18.6 Å². The van der Waals surface area contributed by atoms with Crippen molar-refractivity contribution in [3.63, 3.8) is 0 Å². The lowest BCUT2D eigenvalue weighted by atomic mass is 10.2. The molecule has 0 fully saturated rings. The standard InChI is InChI=1S/C12H22N2S/c1-9(2)13-7-11(4)14-8-12-10(3)5-6-15-12/h5-6,9,11,13-14H,7-8H2,1-4H3. The van der Waals surface area contributed by atoms with Crippen LogP contribution in [0.4, 0.5) is 0 Å². The summed E-state index contributed by atoms with van der Waals surface area (Å²) in [6.07, 6.45) is 0. The molecular weight excluding hydrogens is 204 g/mol. The Balaban J connectivity index is 2.22. The van der Waals surface area contributed by atoms with Gasteiger partial charge >= 0.3 is 0 Å². The van der Waals surface area contributed by atoms with Crippen LogP contribution in [0.1, 0.15) is 31.2 Å². The third-order valence-electron chi connectivity index (χ3n) is 2.41. The van der Waals surface area contributed by atoms with Crippen LogP contribution in [0.3, 0.4) is 0 Å². The number of rotatable bonds is 6. The molecule has 0 aromatic carbocycles. The molecule has 15 heavy (non-hydrogen) atoms. The number of aryl methyl sites for hydroxylation is 1. The van der Waals surface area contributed by atoms with Crippen LogP contribution < -0.4 is 10.6 Å². The maximum absolute atomic E-state index is 3.53. The SMILES string of the molecule is Cc1ccsc1CNC(C)CNC(C)C. The summed E-state index contributed by atoms with van der Waals surface area (Å²) in [5, 5.41) is 9.12. The minimum Gasteiger partial charge on any atom is -0.313 e. The van der Waals surface area contributed by atoms with E-state index in [9.17, 15) is 0 Å². The fraction of sp³-hybridized carbons (Fsp3) is 0.667. The summed E-state index contributed by atoms with van der Waals surface area (Å²) in [5.74, 6) is 0. The van der Waals surface area contributed by atoms with Crippen molar-refractivity contribution in [1.29, 1.82) is 0 Å². The Kier molecular flexibility index (Phi) is 5.29. The van der Waals surface area contributed by atoms with E-state index in [1.165, 1.54) is 10.4 Å². The molecule has 1 atom stereocenters. The van der Waals surface area contributed by atoms with E-state index in [4.69, 9.17) is 0 Å². The van der Waals surface area contributed by atoms with Gasteiger partial charge in [-0.2, -0.15) is 0 Å². The number of hydrogen-bond donors (Lipinski definition) is 2. The zero-order valence-corrected chi connectivity index (χ0v) is 10.9. The van der Waals surface area contributed by atoms with E-state index >= 15 is 0 Å². The van der Waals surface area contributed by atoms with Crippen LogP contribution in [0.25, 0.3) is 0 Å². The van der Waals surface area contributed by atoms with Gasteiger partial charge in [-0.1, -0.05) is 13.8 Å². The van der Waals surface area contributed by atoms with Gasteiger partial charge in [0.15, 0.2) is 0 Å². The Morgan fingerprint density at radius 3 is 2.53 bits per heavy atom. The molecule has 0 saturated carbocycles. The van der Waals surface area contributed by atoms with Crippen molar-refractivity contribution < 1.29 is 0 Å². The summed E-state index contributed by atoms with van der Waals surface area (Å²) >= 11 is 1.83. The van der Waals surface area contributed by atoms with Crippen LogP contribution in [0.2, 0.25) is 0 Å². The van der Waals surface area contributed by atoms with E-state index in [0.717, 1.165) is 13.1 Å². The van der Waals surface area contributed by atoms with Crippen LogP contribution >= 0.6 is 11.3 Å². The van der Waals surface area contributed by atoms with Gasteiger partial charge in [-0.15, -0.1) is 11.3 Å².